The molecule has 0 aliphatic rings. The molecule has 3 N–H and O–H groups in total. The summed E-state index contributed by atoms with van der Waals surface area (Å²) < 4.78 is 27.8. The second-order valence-electron chi connectivity index (χ2n) is 3.58. The molecule has 0 heterocycles. The number of halogens is 4. The van der Waals surface area contributed by atoms with Crippen LogP contribution in [-0.4, -0.2) is 0 Å². The lowest BCUT2D eigenvalue weighted by Gasteiger charge is -2.12. The van der Waals surface area contributed by atoms with Crippen LogP contribution in [0.5, 0.6) is 0 Å². The minimum Gasteiger partial charge on any atom is -0.397 e. The lowest BCUT2D eigenvalue weighted by atomic mass is 10.2. The molecule has 94 valence electrons. The predicted octanol–water partition coefficient (Wildman–Crippen LogP) is 4.82. The Kier molecular flexibility index (Phi) is 3.87. The molecule has 2 aromatic carbocycles. The molecule has 0 fully saturated rings. The fourth-order valence-electron chi connectivity index (χ4n) is 1.42. The summed E-state index contributed by atoms with van der Waals surface area (Å²) >= 11 is 6.24. The summed E-state index contributed by atoms with van der Waals surface area (Å²) in [4.78, 5) is 0. The largest absolute Gasteiger partial charge is 0.397 e. The number of hydrogen-bond acceptors (Lipinski definition) is 2. The number of hydrogen-bond donors (Lipinski definition) is 2. The summed E-state index contributed by atoms with van der Waals surface area (Å²) in [7, 11) is 0. The number of para-hydroxylation sites is 1. The van der Waals surface area contributed by atoms with Crippen molar-refractivity contribution in [3.8, 4) is 0 Å². The van der Waals surface area contributed by atoms with Gasteiger partial charge in [-0.3, -0.25) is 0 Å². The van der Waals surface area contributed by atoms with Crippen LogP contribution in [0.3, 0.4) is 0 Å². The molecular formula is C12H8Br2F2N2. The molecular weight excluding hydrogens is 370 g/mol. The second-order valence-corrected chi connectivity index (χ2v) is 5.28. The highest BCUT2D eigenvalue weighted by molar-refractivity contribution is 9.10. The van der Waals surface area contributed by atoms with Crippen LogP contribution in [0, 0.1) is 11.6 Å². The Balaban J connectivity index is 2.43. The zero-order valence-electron chi connectivity index (χ0n) is 8.98. The first-order valence-corrected chi connectivity index (χ1v) is 6.53. The lowest BCUT2D eigenvalue weighted by Crippen LogP contribution is -2.00. The van der Waals surface area contributed by atoms with Gasteiger partial charge in [0, 0.05) is 10.5 Å². The quantitative estimate of drug-likeness (QED) is 0.736. The molecule has 18 heavy (non-hydrogen) atoms. The number of rotatable bonds is 2. The summed E-state index contributed by atoms with van der Waals surface area (Å²) in [6, 6.07) is 7.18. The Labute approximate surface area is 119 Å². The van der Waals surface area contributed by atoms with Crippen molar-refractivity contribution in [2.24, 2.45) is 0 Å². The molecule has 2 aromatic rings. The van der Waals surface area contributed by atoms with Gasteiger partial charge in [0.2, 0.25) is 0 Å². The average molecular weight is 378 g/mol. The van der Waals surface area contributed by atoms with E-state index in [4.69, 9.17) is 5.73 Å². The topological polar surface area (TPSA) is 38.0 Å². The van der Waals surface area contributed by atoms with Gasteiger partial charge in [-0.1, -0.05) is 6.07 Å². The number of anilines is 3. The maximum atomic E-state index is 13.6. The molecule has 0 saturated carbocycles. The highest BCUT2D eigenvalue weighted by Gasteiger charge is 2.10. The fraction of sp³-hybridized carbons (Fsp3) is 0. The highest BCUT2D eigenvalue weighted by atomic mass is 79.9. The summed E-state index contributed by atoms with van der Waals surface area (Å²) in [5, 5.41) is 2.77. The van der Waals surface area contributed by atoms with Gasteiger partial charge in [0.25, 0.3) is 0 Å². The van der Waals surface area contributed by atoms with Crippen LogP contribution in [0.2, 0.25) is 0 Å². The molecule has 0 saturated heterocycles. The van der Waals surface area contributed by atoms with Gasteiger partial charge in [-0.15, -0.1) is 0 Å². The maximum Gasteiger partial charge on any atom is 0.147 e. The second kappa shape index (κ2) is 5.24. The number of benzene rings is 2. The van der Waals surface area contributed by atoms with E-state index in [1.54, 1.807) is 12.1 Å². The Morgan fingerprint density at radius 3 is 2.39 bits per heavy atom. The first kappa shape index (κ1) is 13.3. The molecule has 0 radical (unpaired) electrons. The third-order valence-electron chi connectivity index (χ3n) is 2.31. The van der Waals surface area contributed by atoms with E-state index >= 15 is 0 Å². The average Bonchev–Trinajstić information content (AvgIpc) is 2.30. The lowest BCUT2D eigenvalue weighted by molar-refractivity contribution is 0.621. The van der Waals surface area contributed by atoms with Crippen molar-refractivity contribution in [2.45, 2.75) is 0 Å². The summed E-state index contributed by atoms with van der Waals surface area (Å²) in [5.41, 5.74) is 6.58. The first-order valence-electron chi connectivity index (χ1n) is 4.94. The maximum absolute atomic E-state index is 13.6. The van der Waals surface area contributed by atoms with Crippen molar-refractivity contribution < 1.29 is 8.78 Å². The number of nitrogens with one attached hydrogen (secondary N) is 1. The SMILES string of the molecule is Nc1cc(Br)c(F)cc1Nc1c(F)cccc1Br. The Morgan fingerprint density at radius 1 is 1.00 bits per heavy atom. The van der Waals surface area contributed by atoms with Gasteiger partial charge >= 0.3 is 0 Å². The molecule has 0 unspecified atom stereocenters. The minimum atomic E-state index is -0.473. The molecule has 0 amide bonds. The van der Waals surface area contributed by atoms with E-state index in [2.05, 4.69) is 37.2 Å². The van der Waals surface area contributed by atoms with Crippen molar-refractivity contribution in [3.63, 3.8) is 0 Å². The Morgan fingerprint density at radius 2 is 1.72 bits per heavy atom. The van der Waals surface area contributed by atoms with E-state index in [0.29, 0.717) is 15.8 Å². The standard InChI is InChI=1S/C12H8Br2F2N2/c13-6-2-1-3-8(15)12(6)18-11-5-9(16)7(14)4-10(11)17/h1-5,18H,17H2. The van der Waals surface area contributed by atoms with Gasteiger partial charge in [0.05, 0.1) is 21.5 Å². The van der Waals surface area contributed by atoms with Crippen molar-refractivity contribution in [1.29, 1.82) is 0 Å². The number of nitrogens with two attached hydrogens (primary N) is 1. The zero-order valence-corrected chi connectivity index (χ0v) is 12.1. The molecule has 0 bridgehead atoms. The van der Waals surface area contributed by atoms with E-state index in [9.17, 15) is 8.78 Å². The van der Waals surface area contributed by atoms with E-state index in [1.807, 2.05) is 0 Å². The molecule has 0 aliphatic heterocycles. The van der Waals surface area contributed by atoms with E-state index in [1.165, 1.54) is 18.2 Å². The molecule has 0 aliphatic carbocycles. The third-order valence-corrected chi connectivity index (χ3v) is 3.58. The molecule has 0 spiro atoms. The van der Waals surface area contributed by atoms with Crippen molar-refractivity contribution in [2.75, 3.05) is 11.1 Å². The van der Waals surface area contributed by atoms with E-state index in [-0.39, 0.29) is 10.2 Å². The minimum absolute atomic E-state index is 0.214. The number of nitrogen functional groups attached to an aromatic ring is 1. The smallest absolute Gasteiger partial charge is 0.147 e. The molecule has 6 heteroatoms. The van der Waals surface area contributed by atoms with Gasteiger partial charge in [-0.2, -0.15) is 0 Å². The summed E-state index contributed by atoms with van der Waals surface area (Å²) in [5.74, 6) is -0.925. The summed E-state index contributed by atoms with van der Waals surface area (Å²) in [6.07, 6.45) is 0. The van der Waals surface area contributed by atoms with Crippen LogP contribution in [0.4, 0.5) is 25.8 Å². The monoisotopic (exact) mass is 376 g/mol. The van der Waals surface area contributed by atoms with Crippen LogP contribution in [0.15, 0.2) is 39.3 Å². The Bertz CT molecular complexity index is 583. The van der Waals surface area contributed by atoms with Gasteiger partial charge < -0.3 is 11.1 Å². The van der Waals surface area contributed by atoms with Gasteiger partial charge in [-0.05, 0) is 50.1 Å². The van der Waals surface area contributed by atoms with Gasteiger partial charge in [0.1, 0.15) is 11.6 Å². The van der Waals surface area contributed by atoms with Gasteiger partial charge in [0.15, 0.2) is 0 Å². The zero-order chi connectivity index (χ0) is 13.3. The third kappa shape index (κ3) is 2.64. The van der Waals surface area contributed by atoms with Crippen LogP contribution in [0.25, 0.3) is 0 Å². The fourth-order valence-corrected chi connectivity index (χ4v) is 2.22. The van der Waals surface area contributed by atoms with Crippen molar-refractivity contribution in [1.82, 2.24) is 0 Å². The molecule has 0 atom stereocenters. The van der Waals surface area contributed by atoms with Crippen LogP contribution < -0.4 is 11.1 Å². The molecule has 2 nitrogen and oxygen atoms in total. The first-order chi connectivity index (χ1) is 8.49. The normalized spacial score (nSPS) is 10.4. The van der Waals surface area contributed by atoms with E-state index in [0.717, 1.165) is 0 Å². The summed E-state index contributed by atoms with van der Waals surface area (Å²) in [6.45, 7) is 0. The van der Waals surface area contributed by atoms with Crippen LogP contribution >= 0.6 is 31.9 Å². The Hall–Kier alpha value is -1.14. The van der Waals surface area contributed by atoms with Crippen molar-refractivity contribution in [3.05, 3.63) is 50.9 Å². The molecule has 2 rings (SSSR count). The van der Waals surface area contributed by atoms with Crippen molar-refractivity contribution >= 4 is 48.9 Å². The van der Waals surface area contributed by atoms with Crippen LogP contribution in [0.1, 0.15) is 0 Å². The van der Waals surface area contributed by atoms with E-state index < -0.39 is 11.6 Å². The molecule has 0 aromatic heterocycles. The van der Waals surface area contributed by atoms with Crippen LogP contribution in [-0.2, 0) is 0 Å². The van der Waals surface area contributed by atoms with Gasteiger partial charge in [-0.25, -0.2) is 8.78 Å². The highest BCUT2D eigenvalue weighted by Crippen LogP contribution is 2.33. The predicted molar refractivity (Wildman–Crippen MR) is 75.9 cm³/mol.